The highest BCUT2D eigenvalue weighted by atomic mass is 16.5. The molecule has 1 atom stereocenters. The zero-order valence-corrected chi connectivity index (χ0v) is 10.1. The smallest absolute Gasteiger partial charge is 0.227 e. The predicted octanol–water partition coefficient (Wildman–Crippen LogP) is 0.623. The second-order valence-corrected chi connectivity index (χ2v) is 4.80. The maximum Gasteiger partial charge on any atom is 0.227 e. The van der Waals surface area contributed by atoms with Gasteiger partial charge in [0.05, 0.1) is 12.5 Å². The van der Waals surface area contributed by atoms with Crippen LogP contribution in [-0.2, 0) is 9.53 Å². The first kappa shape index (κ1) is 11.9. The van der Waals surface area contributed by atoms with E-state index in [1.807, 2.05) is 4.90 Å². The molecule has 2 aliphatic rings. The van der Waals surface area contributed by atoms with Crippen molar-refractivity contribution >= 4 is 5.91 Å². The largest absolute Gasteiger partial charge is 0.383 e. The van der Waals surface area contributed by atoms with Crippen molar-refractivity contribution in [3.8, 4) is 0 Å². The summed E-state index contributed by atoms with van der Waals surface area (Å²) < 4.78 is 5.08. The van der Waals surface area contributed by atoms with E-state index in [9.17, 15) is 4.79 Å². The van der Waals surface area contributed by atoms with Gasteiger partial charge in [-0.2, -0.15) is 0 Å². The molecule has 1 heterocycles. The van der Waals surface area contributed by atoms with Crippen molar-refractivity contribution in [2.45, 2.75) is 31.7 Å². The first-order valence-corrected chi connectivity index (χ1v) is 6.33. The molecule has 1 amide bonds. The summed E-state index contributed by atoms with van der Waals surface area (Å²) in [7, 11) is 1.69. The Bertz CT molecular complexity index is 235. The van der Waals surface area contributed by atoms with E-state index < -0.39 is 0 Å². The Morgan fingerprint density at radius 3 is 2.81 bits per heavy atom. The van der Waals surface area contributed by atoms with Crippen LogP contribution in [0.25, 0.3) is 0 Å². The number of rotatable bonds is 5. The lowest BCUT2D eigenvalue weighted by molar-refractivity contribution is -0.137. The number of nitrogens with zero attached hydrogens (tertiary/aromatic N) is 1. The minimum absolute atomic E-state index is 0.200. The molecule has 2 rings (SSSR count). The van der Waals surface area contributed by atoms with Crippen LogP contribution in [0.15, 0.2) is 0 Å². The number of amides is 1. The SMILES string of the molecule is COCCN(C(=O)C1CCCNC1)C1CC1. The summed E-state index contributed by atoms with van der Waals surface area (Å²) in [5, 5.41) is 3.31. The van der Waals surface area contributed by atoms with E-state index in [4.69, 9.17) is 4.74 Å². The maximum atomic E-state index is 12.3. The number of hydrogen-bond donors (Lipinski definition) is 1. The maximum absolute atomic E-state index is 12.3. The van der Waals surface area contributed by atoms with Gasteiger partial charge in [0.2, 0.25) is 5.91 Å². The van der Waals surface area contributed by atoms with Gasteiger partial charge in [-0.1, -0.05) is 0 Å². The van der Waals surface area contributed by atoms with Crippen LogP contribution in [-0.4, -0.2) is 50.2 Å². The van der Waals surface area contributed by atoms with Crippen LogP contribution >= 0.6 is 0 Å². The van der Waals surface area contributed by atoms with Crippen molar-refractivity contribution in [2.24, 2.45) is 5.92 Å². The van der Waals surface area contributed by atoms with E-state index in [0.717, 1.165) is 32.5 Å². The quantitative estimate of drug-likeness (QED) is 0.747. The standard InChI is InChI=1S/C12H22N2O2/c1-16-8-7-14(11-4-5-11)12(15)10-3-2-6-13-9-10/h10-11,13H,2-9H2,1H3. The summed E-state index contributed by atoms with van der Waals surface area (Å²) in [5.74, 6) is 0.540. The van der Waals surface area contributed by atoms with Crippen molar-refractivity contribution in [2.75, 3.05) is 33.4 Å². The molecule has 0 spiro atoms. The summed E-state index contributed by atoms with van der Waals surface area (Å²) in [4.78, 5) is 14.4. The number of piperidine rings is 1. The number of carbonyl (C=O) groups is 1. The molecule has 2 fully saturated rings. The fourth-order valence-corrected chi connectivity index (χ4v) is 2.35. The molecule has 1 N–H and O–H groups in total. The highest BCUT2D eigenvalue weighted by Crippen LogP contribution is 2.28. The van der Waals surface area contributed by atoms with Crippen molar-refractivity contribution in [1.82, 2.24) is 10.2 Å². The van der Waals surface area contributed by atoms with Crippen LogP contribution in [0, 0.1) is 5.92 Å². The van der Waals surface area contributed by atoms with Gasteiger partial charge in [-0.3, -0.25) is 4.79 Å². The van der Waals surface area contributed by atoms with Crippen LogP contribution in [0.3, 0.4) is 0 Å². The van der Waals surface area contributed by atoms with Crippen LogP contribution in [0.1, 0.15) is 25.7 Å². The normalized spacial score (nSPS) is 25.4. The van der Waals surface area contributed by atoms with Gasteiger partial charge in [-0.25, -0.2) is 0 Å². The Morgan fingerprint density at radius 1 is 1.44 bits per heavy atom. The van der Waals surface area contributed by atoms with Gasteiger partial charge in [0, 0.05) is 26.2 Å². The molecule has 16 heavy (non-hydrogen) atoms. The molecule has 92 valence electrons. The Balaban J connectivity index is 1.87. The number of nitrogens with one attached hydrogen (secondary N) is 1. The topological polar surface area (TPSA) is 41.6 Å². The summed E-state index contributed by atoms with van der Waals surface area (Å²) in [6.45, 7) is 3.33. The number of ether oxygens (including phenoxy) is 1. The zero-order chi connectivity index (χ0) is 11.4. The first-order chi connectivity index (χ1) is 7.83. The zero-order valence-electron chi connectivity index (χ0n) is 10.1. The first-order valence-electron chi connectivity index (χ1n) is 6.33. The third-order valence-electron chi connectivity index (χ3n) is 3.45. The van der Waals surface area contributed by atoms with Crippen LogP contribution in [0.2, 0.25) is 0 Å². The third-order valence-corrected chi connectivity index (χ3v) is 3.45. The van der Waals surface area contributed by atoms with E-state index in [1.54, 1.807) is 7.11 Å². The molecule has 0 aromatic carbocycles. The lowest BCUT2D eigenvalue weighted by Crippen LogP contribution is -2.45. The molecule has 1 aliphatic carbocycles. The number of methoxy groups -OCH3 is 1. The van der Waals surface area contributed by atoms with Gasteiger partial charge in [0.15, 0.2) is 0 Å². The van der Waals surface area contributed by atoms with Crippen LogP contribution < -0.4 is 5.32 Å². The van der Waals surface area contributed by atoms with E-state index in [2.05, 4.69) is 5.32 Å². The molecule has 4 nitrogen and oxygen atoms in total. The Hall–Kier alpha value is -0.610. The van der Waals surface area contributed by atoms with E-state index >= 15 is 0 Å². The van der Waals surface area contributed by atoms with E-state index in [1.165, 1.54) is 12.8 Å². The van der Waals surface area contributed by atoms with E-state index in [0.29, 0.717) is 18.6 Å². The minimum atomic E-state index is 0.200. The highest BCUT2D eigenvalue weighted by Gasteiger charge is 2.35. The van der Waals surface area contributed by atoms with Gasteiger partial charge in [0.25, 0.3) is 0 Å². The Kier molecular flexibility index (Phi) is 4.18. The van der Waals surface area contributed by atoms with Gasteiger partial charge in [-0.05, 0) is 32.2 Å². The number of carbonyl (C=O) groups excluding carboxylic acids is 1. The lowest BCUT2D eigenvalue weighted by Gasteiger charge is -2.29. The summed E-state index contributed by atoms with van der Waals surface area (Å²) >= 11 is 0. The fraction of sp³-hybridized carbons (Fsp3) is 0.917. The second-order valence-electron chi connectivity index (χ2n) is 4.80. The molecule has 1 saturated heterocycles. The minimum Gasteiger partial charge on any atom is -0.383 e. The molecule has 1 saturated carbocycles. The highest BCUT2D eigenvalue weighted by molar-refractivity contribution is 5.79. The second kappa shape index (κ2) is 5.64. The van der Waals surface area contributed by atoms with Gasteiger partial charge < -0.3 is 15.0 Å². The molecule has 0 aromatic heterocycles. The fourth-order valence-electron chi connectivity index (χ4n) is 2.35. The summed E-state index contributed by atoms with van der Waals surface area (Å²) in [6.07, 6.45) is 4.52. The molecule has 0 aromatic rings. The van der Waals surface area contributed by atoms with Crippen molar-refractivity contribution in [1.29, 1.82) is 0 Å². The number of hydrogen-bond acceptors (Lipinski definition) is 3. The van der Waals surface area contributed by atoms with E-state index in [-0.39, 0.29) is 5.92 Å². The van der Waals surface area contributed by atoms with Crippen LogP contribution in [0.4, 0.5) is 0 Å². The third kappa shape index (κ3) is 2.95. The molecule has 0 radical (unpaired) electrons. The lowest BCUT2D eigenvalue weighted by atomic mass is 9.98. The van der Waals surface area contributed by atoms with Gasteiger partial charge in [0.1, 0.15) is 0 Å². The van der Waals surface area contributed by atoms with Crippen molar-refractivity contribution in [3.05, 3.63) is 0 Å². The monoisotopic (exact) mass is 226 g/mol. The Morgan fingerprint density at radius 2 is 2.25 bits per heavy atom. The average molecular weight is 226 g/mol. The summed E-state index contributed by atoms with van der Waals surface area (Å²) in [5.41, 5.74) is 0. The summed E-state index contributed by atoms with van der Waals surface area (Å²) in [6, 6.07) is 0.504. The van der Waals surface area contributed by atoms with Gasteiger partial charge in [-0.15, -0.1) is 0 Å². The van der Waals surface area contributed by atoms with Crippen LogP contribution in [0.5, 0.6) is 0 Å². The molecule has 1 unspecified atom stereocenters. The predicted molar refractivity (Wildman–Crippen MR) is 62.2 cm³/mol. The van der Waals surface area contributed by atoms with Crippen molar-refractivity contribution in [3.63, 3.8) is 0 Å². The molecule has 4 heteroatoms. The van der Waals surface area contributed by atoms with Crippen molar-refractivity contribution < 1.29 is 9.53 Å². The average Bonchev–Trinajstić information content (AvgIpc) is 3.15. The molecular formula is C12H22N2O2. The molecule has 0 bridgehead atoms. The van der Waals surface area contributed by atoms with Gasteiger partial charge >= 0.3 is 0 Å². The molecular weight excluding hydrogens is 204 g/mol. The Labute approximate surface area is 97.3 Å². The molecule has 1 aliphatic heterocycles.